The summed E-state index contributed by atoms with van der Waals surface area (Å²) in [5, 5.41) is 6.97. The lowest BCUT2D eigenvalue weighted by Gasteiger charge is -2.16. The number of rotatable bonds is 5. The second-order valence-electron chi connectivity index (χ2n) is 6.27. The molecule has 3 rings (SSSR count). The Hall–Kier alpha value is -3.42. The minimum atomic E-state index is -0.316. The van der Waals surface area contributed by atoms with Crippen LogP contribution in [0.25, 0.3) is 5.65 Å². The number of hydrogen-bond donors (Lipinski definition) is 1. The van der Waals surface area contributed by atoms with Crippen LogP contribution in [0.3, 0.4) is 0 Å². The van der Waals surface area contributed by atoms with Crippen molar-refractivity contribution in [3.05, 3.63) is 53.5 Å². The molecule has 1 aromatic carbocycles. The van der Waals surface area contributed by atoms with E-state index in [1.54, 1.807) is 42.9 Å². The minimum Gasteiger partial charge on any atom is -0.497 e. The van der Waals surface area contributed by atoms with E-state index in [1.165, 1.54) is 11.1 Å². The SMILES string of the molecule is COc1cccc(NC(=O)CN(C)C(=O)c2cnn3c(C)cc(C)nc23)c1. The lowest BCUT2D eigenvalue weighted by atomic mass is 10.2. The molecular formula is C19H21N5O3. The summed E-state index contributed by atoms with van der Waals surface area (Å²) < 4.78 is 6.75. The van der Waals surface area contributed by atoms with Gasteiger partial charge in [-0.25, -0.2) is 9.50 Å². The first-order chi connectivity index (χ1) is 12.9. The summed E-state index contributed by atoms with van der Waals surface area (Å²) in [7, 11) is 3.13. The van der Waals surface area contributed by atoms with E-state index in [9.17, 15) is 9.59 Å². The fraction of sp³-hybridized carbons (Fsp3) is 0.263. The van der Waals surface area contributed by atoms with Crippen LogP contribution in [-0.4, -0.2) is 52.0 Å². The fourth-order valence-electron chi connectivity index (χ4n) is 2.82. The van der Waals surface area contributed by atoms with Gasteiger partial charge in [0.2, 0.25) is 5.91 Å². The number of methoxy groups -OCH3 is 1. The fourth-order valence-corrected chi connectivity index (χ4v) is 2.82. The largest absolute Gasteiger partial charge is 0.497 e. The van der Waals surface area contributed by atoms with Crippen molar-refractivity contribution in [3.8, 4) is 5.75 Å². The van der Waals surface area contributed by atoms with Crippen molar-refractivity contribution in [2.45, 2.75) is 13.8 Å². The van der Waals surface area contributed by atoms with E-state index in [0.29, 0.717) is 22.6 Å². The van der Waals surface area contributed by atoms with E-state index < -0.39 is 0 Å². The van der Waals surface area contributed by atoms with Gasteiger partial charge in [0, 0.05) is 30.2 Å². The normalized spacial score (nSPS) is 10.7. The molecule has 27 heavy (non-hydrogen) atoms. The molecule has 0 bridgehead atoms. The number of fused-ring (bicyclic) bond motifs is 1. The molecule has 0 unspecified atom stereocenters. The Kier molecular flexibility index (Phi) is 5.07. The molecule has 0 aliphatic carbocycles. The van der Waals surface area contributed by atoms with Gasteiger partial charge in [0.05, 0.1) is 19.9 Å². The monoisotopic (exact) mass is 367 g/mol. The summed E-state index contributed by atoms with van der Waals surface area (Å²) in [4.78, 5) is 30.8. The van der Waals surface area contributed by atoms with Gasteiger partial charge >= 0.3 is 0 Å². The maximum atomic E-state index is 12.8. The summed E-state index contributed by atoms with van der Waals surface area (Å²) in [6.07, 6.45) is 1.48. The number of nitrogens with zero attached hydrogens (tertiary/aromatic N) is 4. The van der Waals surface area contributed by atoms with Crippen LogP contribution >= 0.6 is 0 Å². The Morgan fingerprint density at radius 2 is 2.04 bits per heavy atom. The van der Waals surface area contributed by atoms with Gasteiger partial charge in [0.25, 0.3) is 5.91 Å². The molecule has 0 radical (unpaired) electrons. The minimum absolute atomic E-state index is 0.0990. The summed E-state index contributed by atoms with van der Waals surface area (Å²) in [5.41, 5.74) is 3.13. The zero-order valence-corrected chi connectivity index (χ0v) is 15.7. The molecule has 3 aromatic rings. The molecule has 0 atom stereocenters. The van der Waals surface area contributed by atoms with Crippen LogP contribution in [-0.2, 0) is 4.79 Å². The number of amides is 2. The van der Waals surface area contributed by atoms with Crippen LogP contribution in [0.2, 0.25) is 0 Å². The van der Waals surface area contributed by atoms with E-state index in [2.05, 4.69) is 15.4 Å². The molecule has 0 fully saturated rings. The number of carbonyl (C=O) groups is 2. The van der Waals surface area contributed by atoms with E-state index >= 15 is 0 Å². The molecule has 0 saturated heterocycles. The van der Waals surface area contributed by atoms with Crippen LogP contribution in [0.1, 0.15) is 21.7 Å². The van der Waals surface area contributed by atoms with Crippen LogP contribution in [0.5, 0.6) is 5.75 Å². The molecular weight excluding hydrogens is 346 g/mol. The van der Waals surface area contributed by atoms with Gasteiger partial charge < -0.3 is 15.0 Å². The average molecular weight is 367 g/mol. The number of nitrogens with one attached hydrogen (secondary N) is 1. The zero-order valence-electron chi connectivity index (χ0n) is 15.7. The highest BCUT2D eigenvalue weighted by molar-refractivity contribution is 6.02. The Balaban J connectivity index is 1.73. The van der Waals surface area contributed by atoms with Crippen LogP contribution < -0.4 is 10.1 Å². The first kappa shape index (κ1) is 18.4. The van der Waals surface area contributed by atoms with Crippen molar-refractivity contribution in [3.63, 3.8) is 0 Å². The number of benzene rings is 1. The Labute approximate surface area is 156 Å². The van der Waals surface area contributed by atoms with Crippen molar-refractivity contribution in [2.75, 3.05) is 26.0 Å². The van der Waals surface area contributed by atoms with Gasteiger partial charge in [-0.15, -0.1) is 0 Å². The van der Waals surface area contributed by atoms with Gasteiger partial charge in [-0.05, 0) is 32.0 Å². The van der Waals surface area contributed by atoms with Crippen LogP contribution in [0, 0.1) is 13.8 Å². The lowest BCUT2D eigenvalue weighted by Crippen LogP contribution is -2.35. The van der Waals surface area contributed by atoms with Crippen molar-refractivity contribution in [1.29, 1.82) is 0 Å². The molecule has 8 heteroatoms. The highest BCUT2D eigenvalue weighted by atomic mass is 16.5. The molecule has 2 aromatic heterocycles. The maximum Gasteiger partial charge on any atom is 0.259 e. The van der Waals surface area contributed by atoms with Gasteiger partial charge in [-0.3, -0.25) is 9.59 Å². The summed E-state index contributed by atoms with van der Waals surface area (Å²) in [6.45, 7) is 3.66. The van der Waals surface area contributed by atoms with Gasteiger partial charge in [-0.2, -0.15) is 5.10 Å². The van der Waals surface area contributed by atoms with Crippen molar-refractivity contribution in [1.82, 2.24) is 19.5 Å². The molecule has 0 spiro atoms. The lowest BCUT2D eigenvalue weighted by molar-refractivity contribution is -0.116. The molecule has 2 amide bonds. The van der Waals surface area contributed by atoms with Gasteiger partial charge in [0.15, 0.2) is 5.65 Å². The number of aryl methyl sites for hydroxylation is 2. The third kappa shape index (κ3) is 3.89. The van der Waals surface area contributed by atoms with E-state index in [1.807, 2.05) is 19.9 Å². The predicted molar refractivity (Wildman–Crippen MR) is 101 cm³/mol. The number of anilines is 1. The Morgan fingerprint density at radius 1 is 1.26 bits per heavy atom. The summed E-state index contributed by atoms with van der Waals surface area (Å²) >= 11 is 0. The molecule has 2 heterocycles. The summed E-state index contributed by atoms with van der Waals surface area (Å²) in [5.74, 6) is 0.0135. The smallest absolute Gasteiger partial charge is 0.259 e. The van der Waals surface area contributed by atoms with Crippen molar-refractivity contribution in [2.24, 2.45) is 0 Å². The number of hydrogen-bond acceptors (Lipinski definition) is 5. The molecule has 8 nitrogen and oxygen atoms in total. The maximum absolute atomic E-state index is 12.8. The zero-order chi connectivity index (χ0) is 19.6. The second kappa shape index (κ2) is 7.45. The average Bonchev–Trinajstić information content (AvgIpc) is 3.05. The van der Waals surface area contributed by atoms with E-state index in [0.717, 1.165) is 11.4 Å². The Bertz CT molecular complexity index is 1010. The van der Waals surface area contributed by atoms with Gasteiger partial charge in [-0.1, -0.05) is 6.07 Å². The molecule has 0 aliphatic heterocycles. The second-order valence-corrected chi connectivity index (χ2v) is 6.27. The quantitative estimate of drug-likeness (QED) is 0.746. The number of likely N-dealkylation sites (N-methyl/N-ethyl adjacent to an activating group) is 1. The van der Waals surface area contributed by atoms with E-state index in [-0.39, 0.29) is 18.4 Å². The summed E-state index contributed by atoms with van der Waals surface area (Å²) in [6, 6.07) is 8.91. The molecule has 0 aliphatic rings. The molecule has 1 N–H and O–H groups in total. The van der Waals surface area contributed by atoms with Gasteiger partial charge in [0.1, 0.15) is 11.3 Å². The first-order valence-corrected chi connectivity index (χ1v) is 8.40. The van der Waals surface area contributed by atoms with Crippen LogP contribution in [0.15, 0.2) is 36.5 Å². The molecule has 0 saturated carbocycles. The number of ether oxygens (including phenoxy) is 1. The van der Waals surface area contributed by atoms with Crippen molar-refractivity contribution >= 4 is 23.1 Å². The standard InChI is InChI=1S/C19H21N5O3/c1-12-8-13(2)24-18(21-12)16(10-20-24)19(26)23(3)11-17(25)22-14-6-5-7-15(9-14)27-4/h5-10H,11H2,1-4H3,(H,22,25). The predicted octanol–water partition coefficient (Wildman–Crippen LogP) is 2.07. The van der Waals surface area contributed by atoms with Crippen molar-refractivity contribution < 1.29 is 14.3 Å². The van der Waals surface area contributed by atoms with E-state index in [4.69, 9.17) is 4.74 Å². The van der Waals surface area contributed by atoms with Crippen LogP contribution in [0.4, 0.5) is 5.69 Å². The topological polar surface area (TPSA) is 88.8 Å². The third-order valence-electron chi connectivity index (χ3n) is 4.09. The third-order valence-corrected chi connectivity index (χ3v) is 4.09. The molecule has 140 valence electrons. The number of carbonyl (C=O) groups excluding carboxylic acids is 2. The highest BCUT2D eigenvalue weighted by Crippen LogP contribution is 2.17. The highest BCUT2D eigenvalue weighted by Gasteiger charge is 2.20. The Morgan fingerprint density at radius 3 is 2.78 bits per heavy atom. The number of aromatic nitrogens is 3. The first-order valence-electron chi connectivity index (χ1n) is 8.40.